The predicted octanol–water partition coefficient (Wildman–Crippen LogP) is 3.38. The van der Waals surface area contributed by atoms with Gasteiger partial charge in [0.1, 0.15) is 6.33 Å². The van der Waals surface area contributed by atoms with Crippen molar-refractivity contribution in [2.45, 2.75) is 19.5 Å². The summed E-state index contributed by atoms with van der Waals surface area (Å²) in [6, 6.07) is 12.3. The molecule has 0 N–H and O–H groups in total. The molecule has 1 atom stereocenters. The quantitative estimate of drug-likeness (QED) is 0.555. The van der Waals surface area contributed by atoms with E-state index in [0.29, 0.717) is 0 Å². The third-order valence-corrected chi connectivity index (χ3v) is 4.62. The summed E-state index contributed by atoms with van der Waals surface area (Å²) in [6.07, 6.45) is 9.19. The first-order valence-corrected chi connectivity index (χ1v) is 8.56. The second-order valence-electron chi connectivity index (χ2n) is 6.38. The second-order valence-corrected chi connectivity index (χ2v) is 6.38. The zero-order valence-electron chi connectivity index (χ0n) is 14.8. The summed E-state index contributed by atoms with van der Waals surface area (Å²) >= 11 is 0. The number of hydrogen-bond donors (Lipinski definition) is 0. The first-order valence-electron chi connectivity index (χ1n) is 8.56. The molecule has 0 aliphatic carbocycles. The Morgan fingerprint density at radius 1 is 1.08 bits per heavy atom. The van der Waals surface area contributed by atoms with Crippen LogP contribution in [0, 0.1) is 0 Å². The summed E-state index contributed by atoms with van der Waals surface area (Å²) < 4.78 is 1.85. The van der Waals surface area contributed by atoms with Crippen LogP contribution in [0.4, 0.5) is 0 Å². The maximum absolute atomic E-state index is 4.65. The van der Waals surface area contributed by atoms with Gasteiger partial charge in [0, 0.05) is 42.3 Å². The van der Waals surface area contributed by atoms with Gasteiger partial charge >= 0.3 is 0 Å². The van der Waals surface area contributed by atoms with Crippen molar-refractivity contribution in [3.63, 3.8) is 0 Å². The van der Waals surface area contributed by atoms with E-state index < -0.39 is 0 Å². The zero-order chi connectivity index (χ0) is 17.9. The van der Waals surface area contributed by atoms with Crippen molar-refractivity contribution in [2.75, 3.05) is 7.05 Å². The monoisotopic (exact) mass is 344 g/mol. The van der Waals surface area contributed by atoms with E-state index >= 15 is 0 Å². The second kappa shape index (κ2) is 7.01. The van der Waals surface area contributed by atoms with E-state index in [1.54, 1.807) is 12.5 Å². The van der Waals surface area contributed by atoms with Gasteiger partial charge in [0.05, 0.1) is 11.9 Å². The Morgan fingerprint density at radius 3 is 2.69 bits per heavy atom. The number of rotatable bonds is 5. The topological polar surface area (TPSA) is 59.2 Å². The SMILES string of the molecule is C[C@@H](c1ccncn1)N(C)Cc1cnc2c(-c3ccccc3)cnn2c1. The van der Waals surface area contributed by atoms with Crippen LogP contribution in [0.2, 0.25) is 0 Å². The van der Waals surface area contributed by atoms with Gasteiger partial charge in [0.25, 0.3) is 0 Å². The average Bonchev–Trinajstić information content (AvgIpc) is 3.12. The van der Waals surface area contributed by atoms with Gasteiger partial charge in [0.2, 0.25) is 0 Å². The summed E-state index contributed by atoms with van der Waals surface area (Å²) in [4.78, 5) is 15.2. The van der Waals surface area contributed by atoms with Gasteiger partial charge in [-0.15, -0.1) is 0 Å². The van der Waals surface area contributed by atoms with Crippen LogP contribution in [0.15, 0.2) is 67.5 Å². The van der Waals surface area contributed by atoms with Crippen LogP contribution in [0.1, 0.15) is 24.2 Å². The minimum atomic E-state index is 0.186. The molecular formula is C20H20N6. The zero-order valence-corrected chi connectivity index (χ0v) is 14.8. The standard InChI is InChI=1S/C20H20N6/c1-15(19-8-9-21-14-23-19)25(2)12-16-10-22-20-18(11-24-26(20)13-16)17-6-4-3-5-7-17/h3-11,13-15H,12H2,1-2H3/t15-/m0/s1. The van der Waals surface area contributed by atoms with Crippen LogP contribution < -0.4 is 0 Å². The molecule has 0 saturated carbocycles. The number of nitrogens with zero attached hydrogens (tertiary/aromatic N) is 6. The summed E-state index contributed by atoms with van der Waals surface area (Å²) in [5.74, 6) is 0. The Morgan fingerprint density at radius 2 is 1.92 bits per heavy atom. The average molecular weight is 344 g/mol. The summed E-state index contributed by atoms with van der Waals surface area (Å²) in [6.45, 7) is 2.89. The van der Waals surface area contributed by atoms with Gasteiger partial charge in [0.15, 0.2) is 5.65 Å². The lowest BCUT2D eigenvalue weighted by Crippen LogP contribution is -2.23. The normalized spacial score (nSPS) is 12.6. The lowest BCUT2D eigenvalue weighted by atomic mass is 10.1. The van der Waals surface area contributed by atoms with Crippen LogP contribution in [0.25, 0.3) is 16.8 Å². The van der Waals surface area contributed by atoms with E-state index in [4.69, 9.17) is 0 Å². The molecule has 1 aromatic carbocycles. The molecule has 0 spiro atoms. The molecular weight excluding hydrogens is 324 g/mol. The summed E-state index contributed by atoms with van der Waals surface area (Å²) in [5.41, 5.74) is 5.13. The van der Waals surface area contributed by atoms with Crippen LogP contribution in [0.5, 0.6) is 0 Å². The molecule has 0 radical (unpaired) electrons. The van der Waals surface area contributed by atoms with Gasteiger partial charge in [-0.3, -0.25) is 4.90 Å². The molecule has 0 aliphatic heterocycles. The van der Waals surface area contributed by atoms with E-state index in [-0.39, 0.29) is 6.04 Å². The molecule has 6 nitrogen and oxygen atoms in total. The third-order valence-electron chi connectivity index (χ3n) is 4.62. The lowest BCUT2D eigenvalue weighted by Gasteiger charge is -2.23. The number of benzene rings is 1. The molecule has 3 heterocycles. The van der Waals surface area contributed by atoms with E-state index in [2.05, 4.69) is 51.1 Å². The Hall–Kier alpha value is -3.12. The van der Waals surface area contributed by atoms with Crippen molar-refractivity contribution in [2.24, 2.45) is 0 Å². The van der Waals surface area contributed by atoms with Gasteiger partial charge < -0.3 is 0 Å². The van der Waals surface area contributed by atoms with E-state index in [1.807, 2.05) is 47.4 Å². The molecule has 6 heteroatoms. The van der Waals surface area contributed by atoms with Gasteiger partial charge in [-0.2, -0.15) is 5.10 Å². The first-order chi connectivity index (χ1) is 12.7. The highest BCUT2D eigenvalue weighted by Gasteiger charge is 2.14. The van der Waals surface area contributed by atoms with Crippen molar-refractivity contribution < 1.29 is 0 Å². The van der Waals surface area contributed by atoms with Crippen LogP contribution in [-0.2, 0) is 6.54 Å². The minimum Gasteiger partial charge on any atom is -0.294 e. The van der Waals surface area contributed by atoms with E-state index in [9.17, 15) is 0 Å². The fourth-order valence-electron chi connectivity index (χ4n) is 3.02. The highest BCUT2D eigenvalue weighted by molar-refractivity contribution is 5.76. The molecule has 0 saturated heterocycles. The van der Waals surface area contributed by atoms with Crippen molar-refractivity contribution in [3.8, 4) is 11.1 Å². The van der Waals surface area contributed by atoms with Crippen molar-refractivity contribution in [1.82, 2.24) is 29.5 Å². The maximum Gasteiger partial charge on any atom is 0.162 e. The van der Waals surface area contributed by atoms with Gasteiger partial charge in [-0.05, 0) is 25.6 Å². The van der Waals surface area contributed by atoms with Crippen LogP contribution in [0.3, 0.4) is 0 Å². The molecule has 130 valence electrons. The summed E-state index contributed by atoms with van der Waals surface area (Å²) in [5, 5.41) is 4.48. The van der Waals surface area contributed by atoms with Gasteiger partial charge in [-0.1, -0.05) is 30.3 Å². The summed E-state index contributed by atoms with van der Waals surface area (Å²) in [7, 11) is 2.08. The lowest BCUT2D eigenvalue weighted by molar-refractivity contribution is 0.248. The van der Waals surface area contributed by atoms with Crippen molar-refractivity contribution in [3.05, 3.63) is 78.8 Å². The fourth-order valence-corrected chi connectivity index (χ4v) is 3.02. The van der Waals surface area contributed by atoms with Crippen molar-refractivity contribution >= 4 is 5.65 Å². The molecule has 26 heavy (non-hydrogen) atoms. The first kappa shape index (κ1) is 16.4. The smallest absolute Gasteiger partial charge is 0.162 e. The maximum atomic E-state index is 4.65. The van der Waals surface area contributed by atoms with E-state index in [1.165, 1.54) is 0 Å². The molecule has 0 fully saturated rings. The van der Waals surface area contributed by atoms with Gasteiger partial charge in [-0.25, -0.2) is 19.5 Å². The molecule has 0 aliphatic rings. The molecule has 0 unspecified atom stereocenters. The van der Waals surface area contributed by atoms with E-state index in [0.717, 1.165) is 34.6 Å². The molecule has 4 aromatic rings. The Bertz CT molecular complexity index is 997. The Kier molecular flexibility index (Phi) is 4.41. The minimum absolute atomic E-state index is 0.186. The van der Waals surface area contributed by atoms with Crippen LogP contribution in [-0.4, -0.2) is 36.5 Å². The predicted molar refractivity (Wildman–Crippen MR) is 100 cm³/mol. The Labute approximate surface area is 152 Å². The fraction of sp³-hybridized carbons (Fsp3) is 0.200. The van der Waals surface area contributed by atoms with Crippen LogP contribution >= 0.6 is 0 Å². The molecule has 3 aromatic heterocycles. The molecule has 4 rings (SSSR count). The number of hydrogen-bond acceptors (Lipinski definition) is 5. The highest BCUT2D eigenvalue weighted by Crippen LogP contribution is 2.23. The number of fused-ring (bicyclic) bond motifs is 1. The molecule has 0 bridgehead atoms. The molecule has 0 amide bonds. The Balaban J connectivity index is 1.57. The number of aromatic nitrogens is 5. The third kappa shape index (κ3) is 3.19. The van der Waals surface area contributed by atoms with Crippen molar-refractivity contribution in [1.29, 1.82) is 0 Å². The largest absolute Gasteiger partial charge is 0.294 e. The highest BCUT2D eigenvalue weighted by atomic mass is 15.2.